The summed E-state index contributed by atoms with van der Waals surface area (Å²) in [6.45, 7) is 0.568. The van der Waals surface area contributed by atoms with Gasteiger partial charge in [0.15, 0.2) is 0 Å². The Morgan fingerprint density at radius 3 is 2.59 bits per heavy atom. The van der Waals surface area contributed by atoms with Crippen molar-refractivity contribution in [1.82, 2.24) is 19.7 Å². The minimum absolute atomic E-state index is 0.256. The molecule has 1 N–H and O–H groups in total. The zero-order valence-electron chi connectivity index (χ0n) is 15.2. The van der Waals surface area contributed by atoms with Gasteiger partial charge < -0.3 is 0 Å². The van der Waals surface area contributed by atoms with E-state index in [1.165, 1.54) is 11.8 Å². The first kappa shape index (κ1) is 19.4. The predicted octanol–water partition coefficient (Wildman–Crippen LogP) is 4.89. The molecule has 29 heavy (non-hydrogen) atoms. The number of hydrogen-bond acceptors (Lipinski definition) is 5. The van der Waals surface area contributed by atoms with Crippen LogP contribution < -0.4 is 5.32 Å². The summed E-state index contributed by atoms with van der Waals surface area (Å²) in [5, 5.41) is 7.73. The second-order valence-electron chi connectivity index (χ2n) is 6.12. The van der Waals surface area contributed by atoms with Gasteiger partial charge in [-0.2, -0.15) is 0 Å². The van der Waals surface area contributed by atoms with Gasteiger partial charge in [-0.3, -0.25) is 10.1 Å². The maximum Gasteiger partial charge on any atom is 0.260 e. The van der Waals surface area contributed by atoms with Crippen molar-refractivity contribution in [3.8, 4) is 0 Å². The maximum atomic E-state index is 12.8. The molecule has 0 spiro atoms. The average molecular weight is 466 g/mol. The summed E-state index contributed by atoms with van der Waals surface area (Å²) in [4.78, 5) is 22.3. The number of carbonyl (C=O) groups is 1. The molecule has 1 amide bonds. The smallest absolute Gasteiger partial charge is 0.260 e. The summed E-state index contributed by atoms with van der Waals surface area (Å²) in [5.74, 6) is -0.0375. The number of hydrogen-bond donors (Lipinski definition) is 1. The lowest BCUT2D eigenvalue weighted by Gasteiger charge is -2.07. The molecule has 6 nitrogen and oxygen atoms in total. The molecule has 4 rings (SSSR count). The number of rotatable bonds is 6. The van der Waals surface area contributed by atoms with Gasteiger partial charge in [0, 0.05) is 15.6 Å². The van der Waals surface area contributed by atoms with E-state index in [1.54, 1.807) is 29.3 Å². The largest absolute Gasteiger partial charge is 0.289 e. The van der Waals surface area contributed by atoms with Crippen molar-refractivity contribution in [1.29, 1.82) is 0 Å². The maximum absolute atomic E-state index is 12.8. The Bertz CT molecular complexity index is 1120. The topological polar surface area (TPSA) is 72.7 Å². The highest BCUT2D eigenvalue weighted by atomic mass is 79.9. The highest BCUT2D eigenvalue weighted by Gasteiger charge is 2.15. The summed E-state index contributed by atoms with van der Waals surface area (Å²) in [6.07, 6.45) is 3.27. The van der Waals surface area contributed by atoms with Crippen molar-refractivity contribution in [3.63, 3.8) is 0 Å². The van der Waals surface area contributed by atoms with E-state index < -0.39 is 0 Å². The molecular weight excluding hydrogens is 450 g/mol. The van der Waals surface area contributed by atoms with Gasteiger partial charge in [-0.25, -0.2) is 14.6 Å². The van der Waals surface area contributed by atoms with Crippen LogP contribution in [0.4, 0.5) is 5.95 Å². The number of benzene rings is 2. The number of aromatic nitrogens is 4. The summed E-state index contributed by atoms with van der Waals surface area (Å²) in [7, 11) is 0. The van der Waals surface area contributed by atoms with Crippen LogP contribution in [0.1, 0.15) is 15.9 Å². The standard InChI is InChI=1S/C21H16BrN5OS/c22-16-10-8-15(9-11-16)13-27-14-24-21(26-27)25-19(28)18-7-4-12-23-20(18)29-17-5-2-1-3-6-17/h1-12,14H,13H2,(H,25,26,28). The Morgan fingerprint density at radius 2 is 1.79 bits per heavy atom. The summed E-state index contributed by atoms with van der Waals surface area (Å²) < 4.78 is 2.70. The fourth-order valence-electron chi connectivity index (χ4n) is 2.62. The van der Waals surface area contributed by atoms with Crippen molar-refractivity contribution >= 4 is 39.5 Å². The molecule has 2 aromatic heterocycles. The lowest BCUT2D eigenvalue weighted by Crippen LogP contribution is -2.15. The van der Waals surface area contributed by atoms with E-state index in [9.17, 15) is 4.79 Å². The Balaban J connectivity index is 1.46. The van der Waals surface area contributed by atoms with Gasteiger partial charge in [0.25, 0.3) is 5.91 Å². The number of anilines is 1. The fraction of sp³-hybridized carbons (Fsp3) is 0.0476. The normalized spacial score (nSPS) is 10.7. The highest BCUT2D eigenvalue weighted by Crippen LogP contribution is 2.28. The van der Waals surface area contributed by atoms with Crippen LogP contribution in [0.5, 0.6) is 0 Å². The summed E-state index contributed by atoms with van der Waals surface area (Å²) in [5.41, 5.74) is 1.57. The number of amides is 1. The van der Waals surface area contributed by atoms with Gasteiger partial charge in [-0.1, -0.05) is 58.0 Å². The number of pyridine rings is 1. The SMILES string of the molecule is O=C(Nc1ncn(Cc2ccc(Br)cc2)n1)c1cccnc1Sc1ccccc1. The van der Waals surface area contributed by atoms with Crippen molar-refractivity contribution in [2.24, 2.45) is 0 Å². The van der Waals surface area contributed by atoms with Gasteiger partial charge >= 0.3 is 0 Å². The highest BCUT2D eigenvalue weighted by molar-refractivity contribution is 9.10. The minimum atomic E-state index is -0.294. The Hall–Kier alpha value is -2.97. The van der Waals surface area contributed by atoms with Crippen LogP contribution in [0.3, 0.4) is 0 Å². The monoisotopic (exact) mass is 465 g/mol. The van der Waals surface area contributed by atoms with E-state index >= 15 is 0 Å². The van der Waals surface area contributed by atoms with Gasteiger partial charge in [-0.15, -0.1) is 5.10 Å². The van der Waals surface area contributed by atoms with Crippen LogP contribution in [-0.4, -0.2) is 25.7 Å². The van der Waals surface area contributed by atoms with Crippen LogP contribution in [0.2, 0.25) is 0 Å². The molecule has 4 aromatic rings. The van der Waals surface area contributed by atoms with Crippen LogP contribution >= 0.6 is 27.7 Å². The molecular formula is C21H16BrN5OS. The average Bonchev–Trinajstić information content (AvgIpc) is 3.17. The summed E-state index contributed by atoms with van der Waals surface area (Å²) >= 11 is 4.86. The molecule has 2 aromatic carbocycles. The third-order valence-electron chi connectivity index (χ3n) is 3.99. The number of nitrogens with one attached hydrogen (secondary N) is 1. The predicted molar refractivity (Wildman–Crippen MR) is 116 cm³/mol. The Kier molecular flexibility index (Phi) is 6.02. The van der Waals surface area contributed by atoms with E-state index in [0.717, 1.165) is 14.9 Å². The van der Waals surface area contributed by atoms with Crippen LogP contribution in [0, 0.1) is 0 Å². The van der Waals surface area contributed by atoms with Crippen LogP contribution in [0.25, 0.3) is 0 Å². The zero-order valence-corrected chi connectivity index (χ0v) is 17.6. The Labute approximate surface area is 180 Å². The van der Waals surface area contributed by atoms with Gasteiger partial charge in [-0.05, 0) is 42.0 Å². The molecule has 0 unspecified atom stereocenters. The number of nitrogens with zero attached hydrogens (tertiary/aromatic N) is 4. The van der Waals surface area contributed by atoms with E-state index in [-0.39, 0.29) is 11.9 Å². The van der Waals surface area contributed by atoms with Gasteiger partial charge in [0.05, 0.1) is 12.1 Å². The molecule has 0 saturated carbocycles. The third-order valence-corrected chi connectivity index (χ3v) is 5.55. The molecule has 2 heterocycles. The molecule has 0 radical (unpaired) electrons. The van der Waals surface area contributed by atoms with Gasteiger partial charge in [0.2, 0.25) is 5.95 Å². The molecule has 0 aliphatic rings. The van der Waals surface area contributed by atoms with Gasteiger partial charge in [0.1, 0.15) is 11.4 Å². The van der Waals surface area contributed by atoms with E-state index in [4.69, 9.17) is 0 Å². The summed E-state index contributed by atoms with van der Waals surface area (Å²) in [6, 6.07) is 21.3. The van der Waals surface area contributed by atoms with E-state index in [1.807, 2.05) is 54.6 Å². The zero-order chi connectivity index (χ0) is 20.1. The first-order chi connectivity index (χ1) is 14.2. The molecule has 0 atom stereocenters. The number of halogens is 1. The first-order valence-corrected chi connectivity index (χ1v) is 10.4. The van der Waals surface area contributed by atoms with Crippen LogP contribution in [0.15, 0.2) is 93.6 Å². The molecule has 0 fully saturated rings. The van der Waals surface area contributed by atoms with E-state index in [0.29, 0.717) is 17.1 Å². The number of carbonyl (C=O) groups excluding carboxylic acids is 1. The minimum Gasteiger partial charge on any atom is -0.289 e. The second kappa shape index (κ2) is 9.02. The van der Waals surface area contributed by atoms with Crippen molar-refractivity contribution in [3.05, 3.63) is 94.9 Å². The molecule has 0 aliphatic heterocycles. The first-order valence-electron chi connectivity index (χ1n) is 8.80. The Morgan fingerprint density at radius 1 is 1.00 bits per heavy atom. The molecule has 0 aliphatic carbocycles. The molecule has 0 saturated heterocycles. The molecule has 144 valence electrons. The lowest BCUT2D eigenvalue weighted by atomic mass is 10.2. The van der Waals surface area contributed by atoms with Crippen molar-refractivity contribution in [2.45, 2.75) is 16.5 Å². The van der Waals surface area contributed by atoms with Crippen molar-refractivity contribution in [2.75, 3.05) is 5.32 Å². The third kappa shape index (κ3) is 5.10. The molecule has 8 heteroatoms. The quantitative estimate of drug-likeness (QED) is 0.438. The van der Waals surface area contributed by atoms with Crippen molar-refractivity contribution < 1.29 is 4.79 Å². The van der Waals surface area contributed by atoms with Crippen LogP contribution in [-0.2, 0) is 6.54 Å². The fourth-order valence-corrected chi connectivity index (χ4v) is 3.78. The second-order valence-corrected chi connectivity index (χ2v) is 8.10. The van der Waals surface area contributed by atoms with E-state index in [2.05, 4.69) is 36.3 Å². The molecule has 0 bridgehead atoms. The lowest BCUT2D eigenvalue weighted by molar-refractivity contribution is 0.102.